The minimum Gasteiger partial charge on any atom is -0.468 e. The molecular formula is C29H31FN4O2. The van der Waals surface area contributed by atoms with Gasteiger partial charge in [-0.1, -0.05) is 36.4 Å². The van der Waals surface area contributed by atoms with E-state index >= 15 is 4.39 Å². The molecule has 0 aliphatic carbocycles. The van der Waals surface area contributed by atoms with E-state index < -0.39 is 6.04 Å². The van der Waals surface area contributed by atoms with Crippen LogP contribution in [0.5, 0.6) is 0 Å². The summed E-state index contributed by atoms with van der Waals surface area (Å²) in [5.41, 5.74) is 5.18. The highest BCUT2D eigenvalue weighted by molar-refractivity contribution is 5.87. The van der Waals surface area contributed by atoms with Gasteiger partial charge in [-0.3, -0.25) is 9.69 Å². The first-order chi connectivity index (χ1) is 17.5. The molecule has 1 fully saturated rings. The largest absolute Gasteiger partial charge is 0.468 e. The Morgan fingerprint density at radius 3 is 2.64 bits per heavy atom. The quantitative estimate of drug-likeness (QED) is 0.399. The van der Waals surface area contributed by atoms with Crippen molar-refractivity contribution >= 4 is 16.9 Å². The molecule has 2 aliphatic heterocycles. The Balaban J connectivity index is 1.45. The summed E-state index contributed by atoms with van der Waals surface area (Å²) >= 11 is 0. The van der Waals surface area contributed by atoms with Crippen molar-refractivity contribution in [3.05, 3.63) is 95.2 Å². The third kappa shape index (κ3) is 3.83. The van der Waals surface area contributed by atoms with Gasteiger partial charge in [-0.15, -0.1) is 0 Å². The Morgan fingerprint density at radius 2 is 1.86 bits per heavy atom. The predicted molar refractivity (Wildman–Crippen MR) is 137 cm³/mol. The smallest absolute Gasteiger partial charge is 0.323 e. The molecule has 0 saturated carbocycles. The molecule has 2 aromatic carbocycles. The van der Waals surface area contributed by atoms with E-state index in [1.165, 1.54) is 18.9 Å². The van der Waals surface area contributed by atoms with Crippen LogP contribution in [0.2, 0.25) is 0 Å². The lowest BCUT2D eigenvalue weighted by Gasteiger charge is -2.50. The van der Waals surface area contributed by atoms with Gasteiger partial charge >= 0.3 is 5.97 Å². The second kappa shape index (κ2) is 9.22. The Morgan fingerprint density at radius 1 is 1.08 bits per heavy atom. The molecule has 4 heterocycles. The van der Waals surface area contributed by atoms with E-state index in [2.05, 4.69) is 38.0 Å². The average Bonchev–Trinajstić information content (AvgIpc) is 3.49. The zero-order valence-corrected chi connectivity index (χ0v) is 20.6. The maximum Gasteiger partial charge on any atom is 0.323 e. The number of aromatic amines is 1. The molecule has 0 radical (unpaired) electrons. The first-order valence-electron chi connectivity index (χ1n) is 12.6. The fourth-order valence-corrected chi connectivity index (χ4v) is 6.29. The van der Waals surface area contributed by atoms with Crippen molar-refractivity contribution < 1.29 is 13.9 Å². The van der Waals surface area contributed by atoms with Crippen molar-refractivity contribution in [1.82, 2.24) is 19.8 Å². The van der Waals surface area contributed by atoms with Crippen molar-refractivity contribution in [2.24, 2.45) is 7.05 Å². The number of benzene rings is 2. The van der Waals surface area contributed by atoms with Gasteiger partial charge in [0.05, 0.1) is 13.2 Å². The van der Waals surface area contributed by atoms with Gasteiger partial charge in [-0.05, 0) is 42.7 Å². The number of halogens is 1. The highest BCUT2D eigenvalue weighted by Crippen LogP contribution is 2.49. The molecule has 0 unspecified atom stereocenters. The molecule has 2 N–H and O–H groups in total. The second-order valence-corrected chi connectivity index (χ2v) is 9.97. The summed E-state index contributed by atoms with van der Waals surface area (Å²) in [6.07, 6.45) is 4.09. The molecule has 4 aromatic rings. The molecule has 36 heavy (non-hydrogen) atoms. The number of esters is 1. The minimum atomic E-state index is -0.481. The van der Waals surface area contributed by atoms with Crippen LogP contribution in [0.15, 0.2) is 66.9 Å². The lowest BCUT2D eigenvalue weighted by Crippen LogP contribution is -2.55. The summed E-state index contributed by atoms with van der Waals surface area (Å²) in [5.74, 6) is -0.511. The number of methoxy groups -OCH3 is 1. The molecule has 0 bridgehead atoms. The molecule has 6 rings (SSSR count). The van der Waals surface area contributed by atoms with Crippen LogP contribution >= 0.6 is 0 Å². The van der Waals surface area contributed by atoms with E-state index in [-0.39, 0.29) is 29.9 Å². The van der Waals surface area contributed by atoms with E-state index in [1.54, 1.807) is 6.07 Å². The van der Waals surface area contributed by atoms with E-state index in [0.717, 1.165) is 35.1 Å². The first-order valence-corrected chi connectivity index (χ1v) is 12.6. The number of carbonyl (C=O) groups is 1. The number of fused-ring (bicyclic) bond motifs is 5. The van der Waals surface area contributed by atoms with Gasteiger partial charge in [0.1, 0.15) is 11.9 Å². The molecule has 2 aliphatic rings. The van der Waals surface area contributed by atoms with Crippen molar-refractivity contribution in [2.75, 3.05) is 7.11 Å². The van der Waals surface area contributed by atoms with Crippen LogP contribution in [0.25, 0.3) is 10.9 Å². The first kappa shape index (κ1) is 23.0. The third-order valence-corrected chi connectivity index (χ3v) is 8.03. The molecule has 7 heteroatoms. The number of ether oxygens (including phenoxy) is 1. The number of aryl methyl sites for hydroxylation is 1. The average molecular weight is 487 g/mol. The van der Waals surface area contributed by atoms with E-state index in [4.69, 9.17) is 4.74 Å². The number of para-hydroxylation sites is 1. The summed E-state index contributed by atoms with van der Waals surface area (Å²) < 4.78 is 22.6. The predicted octanol–water partition coefficient (Wildman–Crippen LogP) is 4.78. The van der Waals surface area contributed by atoms with Crippen LogP contribution in [0, 0.1) is 5.82 Å². The lowest BCUT2D eigenvalue weighted by molar-refractivity contribution is -0.152. The van der Waals surface area contributed by atoms with Crippen molar-refractivity contribution in [1.29, 1.82) is 0 Å². The normalized spacial score (nSPS) is 23.9. The van der Waals surface area contributed by atoms with Gasteiger partial charge in [0.25, 0.3) is 0 Å². The monoisotopic (exact) mass is 486 g/mol. The number of hydrogen-bond acceptors (Lipinski definition) is 4. The highest BCUT2D eigenvalue weighted by atomic mass is 19.1. The summed E-state index contributed by atoms with van der Waals surface area (Å²) in [6.45, 7) is 0.727. The van der Waals surface area contributed by atoms with Crippen LogP contribution < -0.4 is 5.32 Å². The maximum absolute atomic E-state index is 15.2. The Kier molecular flexibility index (Phi) is 5.90. The standard InChI is InChI=1S/C29H31FN4O2/c1-33-13-7-8-19(33)17-31-18-14-25(21-10-3-5-11-23(21)30)34-26(15-18)28-22(16-27(34)29(35)36-2)20-9-4-6-12-24(20)32-28/h3-13,18,25-27,31-32H,14-17H2,1-2H3/t18-,25-,26+,27-/m0/s1. The van der Waals surface area contributed by atoms with Crippen molar-refractivity contribution in [2.45, 2.75) is 50.0 Å². The van der Waals surface area contributed by atoms with Gasteiger partial charge in [0.2, 0.25) is 0 Å². The van der Waals surface area contributed by atoms with E-state index in [0.29, 0.717) is 18.4 Å². The summed E-state index contributed by atoms with van der Waals surface area (Å²) in [5, 5.41) is 4.88. The van der Waals surface area contributed by atoms with Crippen molar-refractivity contribution in [3.63, 3.8) is 0 Å². The fourth-order valence-electron chi connectivity index (χ4n) is 6.29. The molecule has 186 valence electrons. The number of carbonyl (C=O) groups excluding carboxylic acids is 1. The SMILES string of the molecule is COC(=O)[C@@H]1Cc2c([nH]c3ccccc23)[C@H]2C[C@@H](NCc3cccn3C)C[C@@H](c3ccccc3F)N21. The zero-order chi connectivity index (χ0) is 24.8. The van der Waals surface area contributed by atoms with E-state index in [9.17, 15) is 4.79 Å². The third-order valence-electron chi connectivity index (χ3n) is 8.03. The van der Waals surface area contributed by atoms with Crippen molar-refractivity contribution in [3.8, 4) is 0 Å². The van der Waals surface area contributed by atoms with Crippen LogP contribution in [-0.4, -0.2) is 39.6 Å². The second-order valence-electron chi connectivity index (χ2n) is 9.97. The fraction of sp³-hybridized carbons (Fsp3) is 0.345. The van der Waals surface area contributed by atoms with Gasteiger partial charge in [-0.25, -0.2) is 4.39 Å². The Bertz CT molecular complexity index is 1410. The molecule has 0 amide bonds. The molecule has 0 spiro atoms. The summed E-state index contributed by atoms with van der Waals surface area (Å²) in [4.78, 5) is 19.0. The highest BCUT2D eigenvalue weighted by Gasteiger charge is 2.48. The number of aromatic nitrogens is 2. The maximum atomic E-state index is 15.2. The number of hydrogen-bond donors (Lipinski definition) is 2. The van der Waals surface area contributed by atoms with E-state index in [1.807, 2.05) is 43.6 Å². The Labute approximate surface area is 210 Å². The van der Waals surface area contributed by atoms with Gasteiger partial charge < -0.3 is 19.6 Å². The minimum absolute atomic E-state index is 0.0745. The molecule has 4 atom stereocenters. The van der Waals surface area contributed by atoms with Crippen LogP contribution in [0.4, 0.5) is 4.39 Å². The molecular weight excluding hydrogens is 455 g/mol. The summed E-state index contributed by atoms with van der Waals surface area (Å²) in [7, 11) is 3.48. The van der Waals surface area contributed by atoms with Gasteiger partial charge in [0.15, 0.2) is 0 Å². The summed E-state index contributed by atoms with van der Waals surface area (Å²) in [6, 6.07) is 18.7. The number of nitrogens with zero attached hydrogens (tertiary/aromatic N) is 2. The Hall–Kier alpha value is -3.42. The molecule has 6 nitrogen and oxygen atoms in total. The number of H-pyrrole nitrogens is 1. The number of rotatable bonds is 5. The molecule has 2 aromatic heterocycles. The van der Waals surface area contributed by atoms with Gasteiger partial charge in [-0.2, -0.15) is 0 Å². The number of piperidine rings is 1. The van der Waals surface area contributed by atoms with Crippen LogP contribution in [0.3, 0.4) is 0 Å². The number of nitrogens with one attached hydrogen (secondary N) is 2. The van der Waals surface area contributed by atoms with Crippen LogP contribution in [0.1, 0.15) is 47.4 Å². The van der Waals surface area contributed by atoms with Gasteiger partial charge in [0, 0.05) is 66.1 Å². The molecule has 1 saturated heterocycles. The van der Waals surface area contributed by atoms with Crippen LogP contribution in [-0.2, 0) is 29.5 Å². The lowest BCUT2D eigenvalue weighted by atomic mass is 9.79. The zero-order valence-electron chi connectivity index (χ0n) is 20.6. The topological polar surface area (TPSA) is 62.3 Å².